The van der Waals surface area contributed by atoms with E-state index in [1.807, 2.05) is 0 Å². The number of carbonyl (C=O) groups is 2. The molecular weight excluding hydrogens is 320 g/mol. The molecule has 0 aromatic carbocycles. The number of nitrogens with one attached hydrogen (secondary N) is 1. The third-order valence-corrected chi connectivity index (χ3v) is 6.22. The molecule has 3 N–H and O–H groups in total. The van der Waals surface area contributed by atoms with Crippen LogP contribution in [-0.2, 0) is 21.9 Å². The summed E-state index contributed by atoms with van der Waals surface area (Å²) in [5.74, 6) is -1.34. The summed E-state index contributed by atoms with van der Waals surface area (Å²) in [4.78, 5) is 23.2. The molecule has 1 aliphatic rings. The highest BCUT2D eigenvalue weighted by Gasteiger charge is 2.37. The fraction of sp³-hybridized carbons (Fsp3) is 0.571. The molecule has 1 aromatic heterocycles. The van der Waals surface area contributed by atoms with Gasteiger partial charge in [0.1, 0.15) is 10.6 Å². The van der Waals surface area contributed by atoms with Crippen LogP contribution in [0.15, 0.2) is 17.2 Å². The molecule has 2 atom stereocenters. The topological polar surface area (TPSA) is 114 Å². The van der Waals surface area contributed by atoms with E-state index in [0.29, 0.717) is 12.8 Å². The molecule has 0 aliphatic carbocycles. The summed E-state index contributed by atoms with van der Waals surface area (Å²) in [5, 5.41) is 2.47. The molecule has 8 nitrogen and oxygen atoms in total. The molecule has 1 fully saturated rings. The van der Waals surface area contributed by atoms with E-state index in [0.717, 1.165) is 0 Å². The van der Waals surface area contributed by atoms with E-state index in [9.17, 15) is 18.0 Å². The summed E-state index contributed by atoms with van der Waals surface area (Å²) in [6.07, 6.45) is 2.56. The number of nitrogens with two attached hydrogens (primary N) is 1. The fourth-order valence-corrected chi connectivity index (χ4v) is 4.58. The van der Waals surface area contributed by atoms with E-state index in [4.69, 9.17) is 5.73 Å². The molecule has 0 bridgehead atoms. The summed E-state index contributed by atoms with van der Waals surface area (Å²) < 4.78 is 28.5. The van der Waals surface area contributed by atoms with Crippen molar-refractivity contribution in [3.63, 3.8) is 0 Å². The lowest BCUT2D eigenvalue weighted by Crippen LogP contribution is -2.48. The van der Waals surface area contributed by atoms with Gasteiger partial charge in [0, 0.05) is 32.9 Å². The second kappa shape index (κ2) is 6.32. The zero-order valence-corrected chi connectivity index (χ0v) is 14.3. The van der Waals surface area contributed by atoms with Crippen molar-refractivity contribution in [3.8, 4) is 0 Å². The number of nitrogens with zero attached hydrogens (tertiary/aromatic N) is 2. The van der Waals surface area contributed by atoms with Crippen LogP contribution in [-0.4, -0.2) is 48.7 Å². The maximum Gasteiger partial charge on any atom is 0.267 e. The summed E-state index contributed by atoms with van der Waals surface area (Å²) in [6.45, 7) is 1.88. The summed E-state index contributed by atoms with van der Waals surface area (Å²) in [5.41, 5.74) is 5.58. The minimum absolute atomic E-state index is 0.0376. The predicted molar refractivity (Wildman–Crippen MR) is 84.1 cm³/mol. The number of carbonyl (C=O) groups excluding carboxylic acids is 2. The standard InChI is InChI=1S/C14H22N4O4S/c1-9-4-5-10(13(15)19)7-18(9)23(21,22)11-6-12(14(20)16-2)17(3)8-11/h6,8-10H,4-5,7H2,1-3H3,(H2,15,19)(H,16,20)/t9-,10+/m1/s1. The molecule has 1 saturated heterocycles. The average molecular weight is 342 g/mol. The van der Waals surface area contributed by atoms with E-state index in [1.165, 1.54) is 28.2 Å². The maximum absolute atomic E-state index is 12.9. The van der Waals surface area contributed by atoms with Gasteiger partial charge in [-0.05, 0) is 25.8 Å². The quantitative estimate of drug-likeness (QED) is 0.779. The highest BCUT2D eigenvalue weighted by Crippen LogP contribution is 2.28. The van der Waals surface area contributed by atoms with Crippen molar-refractivity contribution >= 4 is 21.8 Å². The first-order chi connectivity index (χ1) is 10.7. The molecule has 23 heavy (non-hydrogen) atoms. The van der Waals surface area contributed by atoms with E-state index in [1.54, 1.807) is 14.0 Å². The van der Waals surface area contributed by atoms with Crippen LogP contribution in [0, 0.1) is 5.92 Å². The highest BCUT2D eigenvalue weighted by molar-refractivity contribution is 7.89. The molecule has 128 valence electrons. The number of primary amides is 1. The molecule has 2 heterocycles. The number of hydrogen-bond acceptors (Lipinski definition) is 4. The number of aromatic nitrogens is 1. The lowest BCUT2D eigenvalue weighted by Gasteiger charge is -2.35. The van der Waals surface area contributed by atoms with E-state index in [2.05, 4.69) is 5.32 Å². The van der Waals surface area contributed by atoms with Crippen LogP contribution in [0.3, 0.4) is 0 Å². The van der Waals surface area contributed by atoms with Gasteiger partial charge in [-0.3, -0.25) is 9.59 Å². The summed E-state index contributed by atoms with van der Waals surface area (Å²) in [7, 11) is -0.710. The van der Waals surface area contributed by atoms with Gasteiger partial charge in [0.2, 0.25) is 15.9 Å². The molecule has 9 heteroatoms. The summed E-state index contributed by atoms with van der Waals surface area (Å²) >= 11 is 0. The Bertz CT molecular complexity index is 725. The first-order valence-corrected chi connectivity index (χ1v) is 8.82. The Labute approximate surface area is 135 Å². The third kappa shape index (κ3) is 3.25. The molecule has 0 saturated carbocycles. The highest BCUT2D eigenvalue weighted by atomic mass is 32.2. The van der Waals surface area contributed by atoms with Crippen LogP contribution in [0.1, 0.15) is 30.3 Å². The molecule has 0 radical (unpaired) electrons. The average Bonchev–Trinajstić information content (AvgIpc) is 2.89. The van der Waals surface area contributed by atoms with Gasteiger partial charge in [0.15, 0.2) is 0 Å². The van der Waals surface area contributed by atoms with Gasteiger partial charge in [0.25, 0.3) is 5.91 Å². The second-order valence-electron chi connectivity index (χ2n) is 5.85. The van der Waals surface area contributed by atoms with Crippen LogP contribution >= 0.6 is 0 Å². The Balaban J connectivity index is 2.37. The Hall–Kier alpha value is -1.87. The number of piperidine rings is 1. The minimum atomic E-state index is -3.80. The van der Waals surface area contributed by atoms with Crippen LogP contribution < -0.4 is 11.1 Å². The van der Waals surface area contributed by atoms with E-state index >= 15 is 0 Å². The number of aryl methyl sites for hydroxylation is 1. The zero-order valence-electron chi connectivity index (χ0n) is 13.4. The largest absolute Gasteiger partial charge is 0.369 e. The monoisotopic (exact) mass is 342 g/mol. The number of amides is 2. The van der Waals surface area contributed by atoms with Crippen molar-refractivity contribution in [2.24, 2.45) is 18.7 Å². The van der Waals surface area contributed by atoms with Crippen molar-refractivity contribution in [2.45, 2.75) is 30.7 Å². The number of rotatable bonds is 4. The van der Waals surface area contributed by atoms with Crippen molar-refractivity contribution in [1.82, 2.24) is 14.2 Å². The van der Waals surface area contributed by atoms with Gasteiger partial charge in [-0.15, -0.1) is 0 Å². The lowest BCUT2D eigenvalue weighted by atomic mass is 9.95. The van der Waals surface area contributed by atoms with Crippen molar-refractivity contribution in [3.05, 3.63) is 18.0 Å². The van der Waals surface area contributed by atoms with Crippen molar-refractivity contribution < 1.29 is 18.0 Å². The molecule has 0 unspecified atom stereocenters. The minimum Gasteiger partial charge on any atom is -0.369 e. The molecule has 1 aliphatic heterocycles. The van der Waals surface area contributed by atoms with Gasteiger partial charge in [-0.2, -0.15) is 4.31 Å². The zero-order chi connectivity index (χ0) is 17.4. The Morgan fingerprint density at radius 1 is 1.35 bits per heavy atom. The normalized spacial score (nSPS) is 22.7. The maximum atomic E-state index is 12.9. The van der Waals surface area contributed by atoms with E-state index < -0.39 is 21.8 Å². The fourth-order valence-electron chi connectivity index (χ4n) is 2.81. The Morgan fingerprint density at radius 2 is 2.00 bits per heavy atom. The van der Waals surface area contributed by atoms with Gasteiger partial charge in [0.05, 0.1) is 5.92 Å². The number of sulfonamides is 1. The van der Waals surface area contributed by atoms with Crippen LogP contribution in [0.25, 0.3) is 0 Å². The van der Waals surface area contributed by atoms with E-state index in [-0.39, 0.29) is 29.1 Å². The van der Waals surface area contributed by atoms with Crippen molar-refractivity contribution in [1.29, 1.82) is 0 Å². The first kappa shape index (κ1) is 17.5. The van der Waals surface area contributed by atoms with Gasteiger partial charge < -0.3 is 15.6 Å². The third-order valence-electron chi connectivity index (χ3n) is 4.27. The van der Waals surface area contributed by atoms with Gasteiger partial charge in [-0.25, -0.2) is 8.42 Å². The van der Waals surface area contributed by atoms with Crippen molar-refractivity contribution in [2.75, 3.05) is 13.6 Å². The van der Waals surface area contributed by atoms with Gasteiger partial charge >= 0.3 is 0 Å². The first-order valence-electron chi connectivity index (χ1n) is 7.38. The lowest BCUT2D eigenvalue weighted by molar-refractivity contribution is -0.123. The molecule has 2 amide bonds. The second-order valence-corrected chi connectivity index (χ2v) is 7.74. The van der Waals surface area contributed by atoms with Crippen LogP contribution in [0.2, 0.25) is 0 Å². The molecule has 2 rings (SSSR count). The van der Waals surface area contributed by atoms with Crippen LogP contribution in [0.5, 0.6) is 0 Å². The molecule has 0 spiro atoms. The predicted octanol–water partition coefficient (Wildman–Crippen LogP) is -0.341. The Morgan fingerprint density at radius 3 is 2.57 bits per heavy atom. The number of hydrogen-bond donors (Lipinski definition) is 2. The van der Waals surface area contributed by atoms with Crippen LogP contribution in [0.4, 0.5) is 0 Å². The Kier molecular flexibility index (Phi) is 4.81. The smallest absolute Gasteiger partial charge is 0.267 e. The van der Waals surface area contributed by atoms with Gasteiger partial charge in [-0.1, -0.05) is 0 Å². The molecular formula is C14H22N4O4S. The SMILES string of the molecule is CNC(=O)c1cc(S(=O)(=O)N2C[C@@H](C(N)=O)CC[C@H]2C)cn1C. The molecule has 1 aromatic rings. The summed E-state index contributed by atoms with van der Waals surface area (Å²) in [6, 6.07) is 1.12.